The van der Waals surface area contributed by atoms with Crippen molar-refractivity contribution in [3.63, 3.8) is 0 Å². The Hall–Kier alpha value is -2.95. The lowest BCUT2D eigenvalue weighted by Crippen LogP contribution is -2.53. The molecule has 0 radical (unpaired) electrons. The lowest BCUT2D eigenvalue weighted by atomic mass is 9.91. The highest BCUT2D eigenvalue weighted by Crippen LogP contribution is 2.41. The number of rotatable bonds is 6. The first-order chi connectivity index (χ1) is 19.0. The van der Waals surface area contributed by atoms with Crippen LogP contribution in [0.2, 0.25) is 5.02 Å². The van der Waals surface area contributed by atoms with Gasteiger partial charge in [0.1, 0.15) is 48.3 Å². The van der Waals surface area contributed by atoms with Gasteiger partial charge in [0.05, 0.1) is 28.5 Å². The molecule has 212 valence electrons. The normalized spacial score (nSPS) is 23.5. The highest BCUT2D eigenvalue weighted by molar-refractivity contribution is 9.10. The van der Waals surface area contributed by atoms with Gasteiger partial charge in [0.25, 0.3) is 0 Å². The molecule has 40 heavy (non-hydrogen) atoms. The molecule has 0 spiro atoms. The molecule has 1 aliphatic rings. The molecule has 2 N–H and O–H groups in total. The van der Waals surface area contributed by atoms with Crippen molar-refractivity contribution in [1.29, 1.82) is 0 Å². The largest absolute Gasteiger partial charge is 0.418 e. The molecular formula is C24H20BrClF4N6O4. The van der Waals surface area contributed by atoms with Crippen molar-refractivity contribution >= 4 is 27.5 Å². The van der Waals surface area contributed by atoms with E-state index in [0.29, 0.717) is 5.56 Å². The molecule has 5 rings (SSSR count). The average Bonchev–Trinajstić information content (AvgIpc) is 3.59. The zero-order valence-corrected chi connectivity index (χ0v) is 22.7. The van der Waals surface area contributed by atoms with Crippen molar-refractivity contribution in [2.75, 3.05) is 13.7 Å². The second-order valence-corrected chi connectivity index (χ2v) is 10.2. The monoisotopic (exact) mass is 646 g/mol. The van der Waals surface area contributed by atoms with Crippen molar-refractivity contribution in [3.05, 3.63) is 75.6 Å². The number of aliphatic hydroxyl groups excluding tert-OH is 2. The van der Waals surface area contributed by atoms with Gasteiger partial charge in [0.15, 0.2) is 5.82 Å². The summed E-state index contributed by atoms with van der Waals surface area (Å²) in [6.07, 6.45) is -7.21. The van der Waals surface area contributed by atoms with Crippen LogP contribution in [0.25, 0.3) is 16.9 Å². The fourth-order valence-electron chi connectivity index (χ4n) is 4.63. The topological polar surface area (TPSA) is 120 Å². The first-order valence-electron chi connectivity index (χ1n) is 11.6. The number of methoxy groups -OCH3 is 1. The predicted octanol–water partition coefficient (Wildman–Crippen LogP) is 4.15. The first kappa shape index (κ1) is 28.6. The molecule has 1 fully saturated rings. The Morgan fingerprint density at radius 3 is 2.65 bits per heavy atom. The third kappa shape index (κ3) is 5.24. The Morgan fingerprint density at radius 1 is 1.20 bits per heavy atom. The van der Waals surface area contributed by atoms with E-state index in [9.17, 15) is 27.8 Å². The molecule has 5 atom stereocenters. The summed E-state index contributed by atoms with van der Waals surface area (Å²) < 4.78 is 69.7. The summed E-state index contributed by atoms with van der Waals surface area (Å²) in [6.45, 7) is -0.650. The summed E-state index contributed by atoms with van der Waals surface area (Å²) >= 11 is 9.11. The van der Waals surface area contributed by atoms with Gasteiger partial charge in [-0.3, -0.25) is 0 Å². The van der Waals surface area contributed by atoms with E-state index in [1.54, 1.807) is 6.07 Å². The molecule has 0 aliphatic carbocycles. The highest BCUT2D eigenvalue weighted by Gasteiger charge is 2.49. The van der Waals surface area contributed by atoms with Gasteiger partial charge in [-0.2, -0.15) is 18.3 Å². The van der Waals surface area contributed by atoms with Crippen LogP contribution in [0.15, 0.2) is 53.4 Å². The summed E-state index contributed by atoms with van der Waals surface area (Å²) in [5.41, 5.74) is -0.757. The van der Waals surface area contributed by atoms with E-state index in [2.05, 4.69) is 36.3 Å². The minimum absolute atomic E-state index is 0.0263. The quantitative estimate of drug-likeness (QED) is 0.300. The van der Waals surface area contributed by atoms with Crippen molar-refractivity contribution in [3.8, 4) is 16.9 Å². The van der Waals surface area contributed by atoms with Crippen molar-refractivity contribution in [1.82, 2.24) is 29.8 Å². The van der Waals surface area contributed by atoms with Gasteiger partial charge < -0.3 is 19.7 Å². The van der Waals surface area contributed by atoms with Crippen LogP contribution >= 0.6 is 27.5 Å². The molecule has 1 saturated heterocycles. The van der Waals surface area contributed by atoms with Gasteiger partial charge >= 0.3 is 6.18 Å². The molecule has 0 unspecified atom stereocenters. The lowest BCUT2D eigenvalue weighted by Gasteiger charge is -2.43. The van der Waals surface area contributed by atoms with Crippen LogP contribution in [-0.4, -0.2) is 72.0 Å². The Kier molecular flexibility index (Phi) is 7.96. The van der Waals surface area contributed by atoms with E-state index in [0.717, 1.165) is 29.2 Å². The Labute approximate surface area is 237 Å². The first-order valence-corrected chi connectivity index (χ1v) is 12.8. The molecule has 10 nitrogen and oxygen atoms in total. The van der Waals surface area contributed by atoms with Crippen LogP contribution in [-0.2, 0) is 15.7 Å². The van der Waals surface area contributed by atoms with Crippen LogP contribution in [0.1, 0.15) is 23.5 Å². The van der Waals surface area contributed by atoms with Crippen molar-refractivity contribution < 1.29 is 37.2 Å². The molecule has 1 aliphatic heterocycles. The van der Waals surface area contributed by atoms with Gasteiger partial charge in [-0.05, 0) is 46.3 Å². The van der Waals surface area contributed by atoms with E-state index >= 15 is 0 Å². The van der Waals surface area contributed by atoms with E-state index in [1.807, 2.05) is 0 Å². The van der Waals surface area contributed by atoms with E-state index in [-0.39, 0.29) is 21.0 Å². The average molecular weight is 648 g/mol. The van der Waals surface area contributed by atoms with Crippen LogP contribution in [0.5, 0.6) is 0 Å². The third-order valence-electron chi connectivity index (χ3n) is 6.49. The summed E-state index contributed by atoms with van der Waals surface area (Å²) in [4.78, 5) is 4.14. The summed E-state index contributed by atoms with van der Waals surface area (Å²) in [5.74, 6) is -0.628. The van der Waals surface area contributed by atoms with Crippen molar-refractivity contribution in [2.24, 2.45) is 0 Å². The molecular weight excluding hydrogens is 628 g/mol. The van der Waals surface area contributed by atoms with Crippen LogP contribution in [0.4, 0.5) is 17.6 Å². The zero-order chi connectivity index (χ0) is 28.8. The number of benzene rings is 2. The smallest absolute Gasteiger partial charge is 0.394 e. The fraction of sp³-hybridized carbons (Fsp3) is 0.333. The Morgan fingerprint density at radius 2 is 1.98 bits per heavy atom. The van der Waals surface area contributed by atoms with Crippen LogP contribution < -0.4 is 0 Å². The maximum Gasteiger partial charge on any atom is 0.418 e. The number of hydrogen-bond donors (Lipinski definition) is 2. The van der Waals surface area contributed by atoms with Crippen LogP contribution in [0, 0.1) is 5.82 Å². The van der Waals surface area contributed by atoms with Gasteiger partial charge in [-0.25, -0.2) is 18.7 Å². The number of aliphatic hydroxyl groups is 2. The number of halogens is 6. The fourth-order valence-corrected chi connectivity index (χ4v) is 5.04. The minimum atomic E-state index is -4.74. The molecule has 0 bridgehead atoms. The molecule has 3 heterocycles. The summed E-state index contributed by atoms with van der Waals surface area (Å²) in [6, 6.07) is 6.31. The molecule has 2 aromatic heterocycles. The summed E-state index contributed by atoms with van der Waals surface area (Å²) in [7, 11) is 1.31. The van der Waals surface area contributed by atoms with Crippen molar-refractivity contribution in [2.45, 2.75) is 36.6 Å². The molecule has 0 amide bonds. The van der Waals surface area contributed by atoms with E-state index in [4.69, 9.17) is 21.1 Å². The van der Waals surface area contributed by atoms with Gasteiger partial charge in [-0.1, -0.05) is 22.9 Å². The Bertz CT molecular complexity index is 1520. The summed E-state index contributed by atoms with van der Waals surface area (Å²) in [5, 5.41) is 33.3. The Balaban J connectivity index is 1.58. The standard InChI is InChI=1S/C24H20BrClF4N6O4/c1-39-21-19(35-8-16(33-34-35)11-2-5-14(25)15(27)6-11)20(38)18(9-37)40-22(21)23-31-10-32-36(23)17-7-12(26)3-4-13(17)24(28,29)30/h2-8,10,18-22,37-38H,9H2,1H3/t18-,19+,20+,21-,22-/m1/s1. The minimum Gasteiger partial charge on any atom is -0.394 e. The van der Waals surface area contributed by atoms with Gasteiger partial charge in [-0.15, -0.1) is 5.10 Å². The van der Waals surface area contributed by atoms with Crippen LogP contribution in [0.3, 0.4) is 0 Å². The second-order valence-electron chi connectivity index (χ2n) is 8.86. The maximum atomic E-state index is 14.1. The number of hydrogen-bond acceptors (Lipinski definition) is 8. The van der Waals surface area contributed by atoms with Gasteiger partial charge in [0.2, 0.25) is 0 Å². The van der Waals surface area contributed by atoms with E-state index < -0.39 is 60.3 Å². The third-order valence-corrected chi connectivity index (χ3v) is 7.37. The number of nitrogens with zero attached hydrogens (tertiary/aromatic N) is 6. The molecule has 16 heteroatoms. The number of ether oxygens (including phenoxy) is 2. The molecule has 2 aromatic carbocycles. The number of aromatic nitrogens is 6. The van der Waals surface area contributed by atoms with Gasteiger partial charge in [0, 0.05) is 17.7 Å². The predicted molar refractivity (Wildman–Crippen MR) is 135 cm³/mol. The van der Waals surface area contributed by atoms with E-state index in [1.165, 1.54) is 30.1 Å². The molecule has 0 saturated carbocycles. The highest BCUT2D eigenvalue weighted by atomic mass is 79.9. The maximum absolute atomic E-state index is 14.1. The zero-order valence-electron chi connectivity index (χ0n) is 20.4. The second kappa shape index (κ2) is 11.1. The molecule has 4 aromatic rings. The SMILES string of the molecule is CO[C@@H]1[C@@H](n2cc(-c3ccc(Br)c(F)c3)nn2)[C@@H](O)[C@@H](CO)O[C@H]1c1ncnn1-c1cc(Cl)ccc1C(F)(F)F. The number of alkyl halides is 3. The lowest BCUT2D eigenvalue weighted by molar-refractivity contribution is -0.217.